The van der Waals surface area contributed by atoms with E-state index in [1.807, 2.05) is 30.3 Å². The molecule has 8 heteroatoms. The SMILES string of the molecule is COc1ccc2cc3[n+](cc2c1OCCSc1nc2ccccc2o1)CCc1cc2c(cc1-3)OCO2. The molecule has 0 saturated heterocycles. The number of rotatable bonds is 6. The van der Waals surface area contributed by atoms with Crippen molar-refractivity contribution >= 4 is 33.6 Å². The van der Waals surface area contributed by atoms with Crippen LogP contribution in [0.2, 0.25) is 0 Å². The number of benzene rings is 3. The summed E-state index contributed by atoms with van der Waals surface area (Å²) in [7, 11) is 1.67. The second-order valence-electron chi connectivity index (χ2n) is 8.71. The van der Waals surface area contributed by atoms with Crippen LogP contribution in [0.5, 0.6) is 23.0 Å². The molecule has 0 unspecified atom stereocenters. The number of pyridine rings is 1. The predicted octanol–water partition coefficient (Wildman–Crippen LogP) is 5.40. The highest BCUT2D eigenvalue weighted by Gasteiger charge is 2.28. The Labute approximate surface area is 211 Å². The van der Waals surface area contributed by atoms with E-state index in [1.165, 1.54) is 22.9 Å². The van der Waals surface area contributed by atoms with E-state index < -0.39 is 0 Å². The van der Waals surface area contributed by atoms with Gasteiger partial charge in [-0.25, -0.2) is 4.98 Å². The molecule has 0 atom stereocenters. The molecule has 180 valence electrons. The van der Waals surface area contributed by atoms with E-state index in [-0.39, 0.29) is 6.79 Å². The summed E-state index contributed by atoms with van der Waals surface area (Å²) < 4.78 is 31.3. The average Bonchev–Trinajstić information content (AvgIpc) is 3.54. The van der Waals surface area contributed by atoms with Gasteiger partial charge >= 0.3 is 0 Å². The molecule has 0 saturated carbocycles. The first kappa shape index (κ1) is 21.4. The van der Waals surface area contributed by atoms with Crippen molar-refractivity contribution in [3.63, 3.8) is 0 Å². The van der Waals surface area contributed by atoms with Gasteiger partial charge < -0.3 is 23.4 Å². The summed E-state index contributed by atoms with van der Waals surface area (Å²) in [6, 6.07) is 18.2. The number of para-hydroxylation sites is 2. The van der Waals surface area contributed by atoms with E-state index in [2.05, 4.69) is 40.0 Å². The van der Waals surface area contributed by atoms with Crippen LogP contribution < -0.4 is 23.5 Å². The fourth-order valence-corrected chi connectivity index (χ4v) is 5.55. The van der Waals surface area contributed by atoms with Gasteiger partial charge in [-0.3, -0.25) is 0 Å². The van der Waals surface area contributed by atoms with E-state index in [0.29, 0.717) is 17.6 Å². The first-order chi connectivity index (χ1) is 17.8. The first-order valence-electron chi connectivity index (χ1n) is 11.8. The Morgan fingerprint density at radius 3 is 2.83 bits per heavy atom. The van der Waals surface area contributed by atoms with Gasteiger partial charge in [0, 0.05) is 18.2 Å². The van der Waals surface area contributed by atoms with Crippen LogP contribution in [0.3, 0.4) is 0 Å². The first-order valence-corrected chi connectivity index (χ1v) is 12.8. The van der Waals surface area contributed by atoms with Crippen molar-refractivity contribution in [3.8, 4) is 34.3 Å². The van der Waals surface area contributed by atoms with Gasteiger partial charge in [-0.15, -0.1) is 0 Å². The van der Waals surface area contributed by atoms with E-state index in [4.69, 9.17) is 23.4 Å². The minimum absolute atomic E-state index is 0.279. The molecule has 3 aromatic carbocycles. The molecule has 0 spiro atoms. The second kappa shape index (κ2) is 8.64. The zero-order valence-electron chi connectivity index (χ0n) is 19.7. The highest BCUT2D eigenvalue weighted by Crippen LogP contribution is 2.41. The third-order valence-electron chi connectivity index (χ3n) is 6.63. The van der Waals surface area contributed by atoms with Gasteiger partial charge in [0.25, 0.3) is 5.22 Å². The van der Waals surface area contributed by atoms with Gasteiger partial charge in [0.2, 0.25) is 12.5 Å². The van der Waals surface area contributed by atoms with Crippen molar-refractivity contribution in [3.05, 3.63) is 66.4 Å². The van der Waals surface area contributed by atoms with E-state index >= 15 is 0 Å². The molecular formula is C28H23N2O5S+. The zero-order valence-corrected chi connectivity index (χ0v) is 20.5. The number of oxazole rings is 1. The van der Waals surface area contributed by atoms with Gasteiger partial charge in [0.15, 0.2) is 41.3 Å². The van der Waals surface area contributed by atoms with Crippen molar-refractivity contribution in [1.29, 1.82) is 0 Å². The zero-order chi connectivity index (χ0) is 24.1. The quantitative estimate of drug-likeness (QED) is 0.176. The van der Waals surface area contributed by atoms with E-state index in [1.54, 1.807) is 7.11 Å². The highest BCUT2D eigenvalue weighted by atomic mass is 32.2. The standard InChI is InChI=1S/C28H23N2O5S/c1-31-24-7-6-17-12-22-19-14-26-25(33-16-34-26)13-18(19)8-9-30(22)15-20(17)27(24)32-10-11-36-28-29-21-4-2-3-5-23(21)35-28/h2-7,12-15H,8-11,16H2,1H3/q+1. The summed E-state index contributed by atoms with van der Waals surface area (Å²) in [5, 5.41) is 2.76. The Morgan fingerprint density at radius 1 is 1.06 bits per heavy atom. The lowest BCUT2D eigenvalue weighted by Gasteiger charge is -2.18. The van der Waals surface area contributed by atoms with Crippen molar-refractivity contribution in [2.75, 3.05) is 26.3 Å². The number of fused-ring (bicyclic) bond motifs is 6. The number of aryl methyl sites for hydroxylation is 2. The Hall–Kier alpha value is -3.91. The molecule has 2 aliphatic rings. The van der Waals surface area contributed by atoms with Crippen LogP contribution in [0.15, 0.2) is 70.4 Å². The molecule has 0 N–H and O–H groups in total. The molecule has 0 aliphatic carbocycles. The van der Waals surface area contributed by atoms with Crippen LogP contribution in [0, 0.1) is 0 Å². The molecule has 0 fully saturated rings. The van der Waals surface area contributed by atoms with Crippen molar-refractivity contribution in [1.82, 2.24) is 4.98 Å². The number of nitrogens with zero attached hydrogens (tertiary/aromatic N) is 2. The number of hydrogen-bond acceptors (Lipinski definition) is 7. The number of thioether (sulfide) groups is 1. The maximum atomic E-state index is 6.29. The van der Waals surface area contributed by atoms with Crippen LogP contribution in [0.4, 0.5) is 0 Å². The minimum Gasteiger partial charge on any atom is -0.493 e. The summed E-state index contributed by atoms with van der Waals surface area (Å²) in [5.41, 5.74) is 5.28. The van der Waals surface area contributed by atoms with Crippen molar-refractivity contribution in [2.24, 2.45) is 0 Å². The molecule has 36 heavy (non-hydrogen) atoms. The maximum absolute atomic E-state index is 6.29. The molecule has 0 bridgehead atoms. The summed E-state index contributed by atoms with van der Waals surface area (Å²) >= 11 is 1.54. The summed E-state index contributed by atoms with van der Waals surface area (Å²) in [5.74, 6) is 3.80. The fourth-order valence-electron chi connectivity index (χ4n) is 4.89. The average molecular weight is 500 g/mol. The highest BCUT2D eigenvalue weighted by molar-refractivity contribution is 7.99. The summed E-state index contributed by atoms with van der Waals surface area (Å²) in [6.07, 6.45) is 3.10. The molecule has 4 heterocycles. The fraction of sp³-hybridized carbons (Fsp3) is 0.214. The Balaban J connectivity index is 1.17. The number of methoxy groups -OCH3 is 1. The van der Waals surface area contributed by atoms with Crippen molar-refractivity contribution in [2.45, 2.75) is 18.2 Å². The van der Waals surface area contributed by atoms with Gasteiger partial charge in [-0.05, 0) is 47.3 Å². The second-order valence-corrected chi connectivity index (χ2v) is 9.76. The topological polar surface area (TPSA) is 66.8 Å². The largest absolute Gasteiger partial charge is 0.493 e. The normalized spacial score (nSPS) is 13.6. The summed E-state index contributed by atoms with van der Waals surface area (Å²) in [6.45, 7) is 1.65. The minimum atomic E-state index is 0.279. The van der Waals surface area contributed by atoms with Crippen LogP contribution in [-0.2, 0) is 13.0 Å². The van der Waals surface area contributed by atoms with Gasteiger partial charge in [-0.2, -0.15) is 4.57 Å². The lowest BCUT2D eigenvalue weighted by Crippen LogP contribution is -2.40. The predicted molar refractivity (Wildman–Crippen MR) is 136 cm³/mol. The molecule has 0 amide bonds. The van der Waals surface area contributed by atoms with Crippen LogP contribution in [0.25, 0.3) is 33.1 Å². The maximum Gasteiger partial charge on any atom is 0.256 e. The van der Waals surface area contributed by atoms with E-state index in [0.717, 1.165) is 63.5 Å². The van der Waals surface area contributed by atoms with Gasteiger partial charge in [0.1, 0.15) is 5.52 Å². The molecule has 2 aliphatic heterocycles. The third kappa shape index (κ3) is 3.60. The Bertz CT molecular complexity index is 1600. The monoisotopic (exact) mass is 499 g/mol. The Morgan fingerprint density at radius 2 is 1.94 bits per heavy atom. The number of ether oxygens (including phenoxy) is 4. The molecular weight excluding hydrogens is 476 g/mol. The summed E-state index contributed by atoms with van der Waals surface area (Å²) in [4.78, 5) is 4.53. The van der Waals surface area contributed by atoms with Crippen LogP contribution in [0.1, 0.15) is 5.56 Å². The number of aromatic nitrogens is 2. The van der Waals surface area contributed by atoms with Crippen molar-refractivity contribution < 1.29 is 27.9 Å². The smallest absolute Gasteiger partial charge is 0.256 e. The van der Waals surface area contributed by atoms with Gasteiger partial charge in [-0.1, -0.05) is 23.9 Å². The van der Waals surface area contributed by atoms with Crippen LogP contribution >= 0.6 is 11.8 Å². The van der Waals surface area contributed by atoms with E-state index in [9.17, 15) is 0 Å². The lowest BCUT2D eigenvalue weighted by atomic mass is 9.95. The number of hydrogen-bond donors (Lipinski definition) is 0. The molecule has 2 aromatic heterocycles. The molecule has 0 radical (unpaired) electrons. The Kier molecular flexibility index (Phi) is 5.13. The third-order valence-corrected chi connectivity index (χ3v) is 7.42. The van der Waals surface area contributed by atoms with Crippen LogP contribution in [-0.4, -0.2) is 31.2 Å². The molecule has 5 aromatic rings. The molecule has 7 rings (SSSR count). The van der Waals surface area contributed by atoms with Gasteiger partial charge in [0.05, 0.1) is 24.7 Å². The lowest BCUT2D eigenvalue weighted by molar-refractivity contribution is -0.686. The molecule has 7 nitrogen and oxygen atoms in total.